The van der Waals surface area contributed by atoms with Crippen LogP contribution in [0.2, 0.25) is 0 Å². The second kappa shape index (κ2) is 23.1. The molecular formula is C100H52N10S2. The van der Waals surface area contributed by atoms with Gasteiger partial charge in [0.05, 0.1) is 111 Å². The van der Waals surface area contributed by atoms with E-state index in [1.165, 1.54) is 15.5 Å². The molecule has 0 radical (unpaired) electrons. The number of nitriles is 4. The normalized spacial score (nSPS) is 12.1. The van der Waals surface area contributed by atoms with Crippen LogP contribution in [-0.2, 0) is 0 Å². The van der Waals surface area contributed by atoms with Gasteiger partial charge >= 0.3 is 0 Å². The third-order valence-corrected chi connectivity index (χ3v) is 25.8. The molecule has 0 amide bonds. The summed E-state index contributed by atoms with van der Waals surface area (Å²) >= 11 is 3.53. The number of hydrogen-bond donors (Lipinski definition) is 0. The average molecular weight is 1460 g/mol. The third-order valence-electron chi connectivity index (χ3n) is 23.5. The van der Waals surface area contributed by atoms with E-state index in [0.29, 0.717) is 45.0 Å². The van der Waals surface area contributed by atoms with Crippen LogP contribution in [0.4, 0.5) is 0 Å². The summed E-state index contributed by atoms with van der Waals surface area (Å²) in [7, 11) is 0. The molecule has 0 N–H and O–H groups in total. The van der Waals surface area contributed by atoms with Crippen LogP contribution < -0.4 is 0 Å². The second-order valence-corrected chi connectivity index (χ2v) is 31.2. The fourth-order valence-corrected chi connectivity index (χ4v) is 21.1. The van der Waals surface area contributed by atoms with Crippen LogP contribution in [0.25, 0.3) is 216 Å². The first-order chi connectivity index (χ1) is 55.4. The first kappa shape index (κ1) is 61.8. The van der Waals surface area contributed by atoms with Gasteiger partial charge in [0, 0.05) is 116 Å². The van der Waals surface area contributed by atoms with Crippen molar-refractivity contribution in [2.24, 2.45) is 0 Å². The summed E-state index contributed by atoms with van der Waals surface area (Å²) in [4.78, 5) is 0. The minimum absolute atomic E-state index is 0.432. The number of aromatic nitrogens is 6. The maximum absolute atomic E-state index is 11.7. The molecule has 514 valence electrons. The van der Waals surface area contributed by atoms with Gasteiger partial charge in [-0.2, -0.15) is 21.0 Å². The number of hydrogen-bond acceptors (Lipinski definition) is 6. The molecule has 0 aliphatic carbocycles. The van der Waals surface area contributed by atoms with Gasteiger partial charge in [0.2, 0.25) is 0 Å². The summed E-state index contributed by atoms with van der Waals surface area (Å²) in [5.74, 6) is 0. The first-order valence-corrected chi connectivity index (χ1v) is 38.8. The Kier molecular flexibility index (Phi) is 12.8. The highest BCUT2D eigenvalue weighted by molar-refractivity contribution is 7.26. The molecule has 0 bridgehead atoms. The van der Waals surface area contributed by atoms with Crippen molar-refractivity contribution in [3.05, 3.63) is 338 Å². The Balaban J connectivity index is 0.623. The Bertz CT molecular complexity index is 8570. The number of thiophene rings is 2. The van der Waals surface area contributed by atoms with Crippen molar-refractivity contribution in [2.45, 2.75) is 0 Å². The van der Waals surface area contributed by atoms with E-state index in [2.05, 4.69) is 313 Å². The third kappa shape index (κ3) is 8.40. The number of rotatable bonds is 7. The standard InChI is InChI=1S/C100H52N10S2/c101-53-59-45-88(60(54-102)44-87(59)107-79-27-11-6-22-67(79)75-49-77-69-24-10-17-33-93(69)111-95(77)51-91(75)107)108-80-28-12-7-23-68(80)76-50-78-70-39-36-58(48-94(70)112-96(78)52-92(76)108)57-34-37-64(38-35-57)106-84-32-16-9-26-74(84)98-86(106)43-41-72-66-21-5-14-30-82(66)110(100(72)98)90-47-61(55-103)89(46-62(90)56-104)109-81-29-13-4-20-65(81)71-40-42-85-97(99(71)109)73-25-8-15-31-83(73)105(85)63-18-2-1-3-19-63/h1-52H. The highest BCUT2D eigenvalue weighted by Crippen LogP contribution is 2.49. The lowest BCUT2D eigenvalue weighted by atomic mass is 10.0. The van der Waals surface area contributed by atoms with Gasteiger partial charge < -0.3 is 27.4 Å². The lowest BCUT2D eigenvalue weighted by Crippen LogP contribution is -2.04. The Morgan fingerprint density at radius 1 is 0.196 bits per heavy atom. The van der Waals surface area contributed by atoms with Crippen LogP contribution in [-0.4, -0.2) is 27.4 Å². The zero-order chi connectivity index (χ0) is 73.9. The summed E-state index contributed by atoms with van der Waals surface area (Å²) in [6.07, 6.45) is 0. The molecule has 8 heterocycles. The van der Waals surface area contributed by atoms with Crippen molar-refractivity contribution in [3.8, 4) is 69.5 Å². The minimum Gasteiger partial charge on any atom is -0.309 e. The molecule has 0 aliphatic rings. The predicted octanol–water partition coefficient (Wildman–Crippen LogP) is 26.2. The van der Waals surface area contributed by atoms with Crippen molar-refractivity contribution in [3.63, 3.8) is 0 Å². The molecule has 24 rings (SSSR count). The van der Waals surface area contributed by atoms with E-state index in [4.69, 9.17) is 0 Å². The number of nitrogens with zero attached hydrogens (tertiary/aromatic N) is 10. The topological polar surface area (TPSA) is 125 Å². The molecule has 12 heteroatoms. The molecule has 0 fully saturated rings. The molecule has 112 heavy (non-hydrogen) atoms. The van der Waals surface area contributed by atoms with Crippen molar-refractivity contribution in [2.75, 3.05) is 0 Å². The number of para-hydroxylation sites is 7. The molecule has 0 saturated heterocycles. The molecule has 10 nitrogen and oxygen atoms in total. The van der Waals surface area contributed by atoms with Gasteiger partial charge in [-0.15, -0.1) is 22.7 Å². The molecular weight excluding hydrogens is 1410 g/mol. The molecule has 0 saturated carbocycles. The van der Waals surface area contributed by atoms with Crippen LogP contribution in [0.5, 0.6) is 0 Å². The zero-order valence-corrected chi connectivity index (χ0v) is 60.9. The minimum atomic E-state index is 0.432. The predicted molar refractivity (Wildman–Crippen MR) is 463 cm³/mol. The van der Waals surface area contributed by atoms with Crippen LogP contribution in [0.3, 0.4) is 0 Å². The largest absolute Gasteiger partial charge is 0.309 e. The molecule has 8 aromatic heterocycles. The Labute approximate surface area is 645 Å². The van der Waals surface area contributed by atoms with Gasteiger partial charge in [0.15, 0.2) is 0 Å². The van der Waals surface area contributed by atoms with Gasteiger partial charge in [0.25, 0.3) is 0 Å². The first-order valence-electron chi connectivity index (χ1n) is 37.2. The number of benzene rings is 16. The Morgan fingerprint density at radius 2 is 0.527 bits per heavy atom. The van der Waals surface area contributed by atoms with E-state index >= 15 is 0 Å². The lowest BCUT2D eigenvalue weighted by molar-refractivity contribution is 1.13. The molecule has 0 atom stereocenters. The highest BCUT2D eigenvalue weighted by Gasteiger charge is 2.29. The Hall–Kier alpha value is -15.3. The molecule has 0 unspecified atom stereocenters. The zero-order valence-electron chi connectivity index (χ0n) is 59.3. The summed E-state index contributed by atoms with van der Waals surface area (Å²) < 4.78 is 18.1. The summed E-state index contributed by atoms with van der Waals surface area (Å²) in [5, 5.41) is 63.4. The van der Waals surface area contributed by atoms with E-state index in [-0.39, 0.29) is 0 Å². The van der Waals surface area contributed by atoms with Crippen LogP contribution in [0, 0.1) is 45.3 Å². The summed E-state index contributed by atoms with van der Waals surface area (Å²) in [6.45, 7) is 0. The van der Waals surface area contributed by atoms with Crippen LogP contribution >= 0.6 is 22.7 Å². The maximum atomic E-state index is 11.7. The van der Waals surface area contributed by atoms with Gasteiger partial charge in [-0.05, 0) is 145 Å². The summed E-state index contributed by atoms with van der Waals surface area (Å²) in [5.41, 5.74) is 20.4. The van der Waals surface area contributed by atoms with E-state index in [0.717, 1.165) is 178 Å². The summed E-state index contributed by atoms with van der Waals surface area (Å²) in [6, 6.07) is 122. The van der Waals surface area contributed by atoms with Gasteiger partial charge in [-0.1, -0.05) is 182 Å². The van der Waals surface area contributed by atoms with Crippen LogP contribution in [0.15, 0.2) is 315 Å². The fourth-order valence-electron chi connectivity index (χ4n) is 18.8. The smallest absolute Gasteiger partial charge is 0.101 e. The average Bonchev–Trinajstić information content (AvgIpc) is 1.55. The van der Waals surface area contributed by atoms with Crippen molar-refractivity contribution >= 4 is 194 Å². The van der Waals surface area contributed by atoms with Crippen molar-refractivity contribution in [1.82, 2.24) is 27.4 Å². The van der Waals surface area contributed by atoms with E-state index < -0.39 is 0 Å². The molecule has 0 aliphatic heterocycles. The maximum Gasteiger partial charge on any atom is 0.101 e. The van der Waals surface area contributed by atoms with Crippen molar-refractivity contribution < 1.29 is 0 Å². The molecule has 16 aromatic carbocycles. The molecule has 0 spiro atoms. The second-order valence-electron chi connectivity index (χ2n) is 29.1. The van der Waals surface area contributed by atoms with Gasteiger partial charge in [-0.25, -0.2) is 0 Å². The van der Waals surface area contributed by atoms with Crippen molar-refractivity contribution in [1.29, 1.82) is 21.0 Å². The highest BCUT2D eigenvalue weighted by atomic mass is 32.1. The number of fused-ring (bicyclic) bond motifs is 26. The molecule has 24 aromatic rings. The van der Waals surface area contributed by atoms with E-state index in [9.17, 15) is 21.0 Å². The fraction of sp³-hybridized carbons (Fsp3) is 0. The lowest BCUT2D eigenvalue weighted by Gasteiger charge is -2.16. The monoisotopic (exact) mass is 1460 g/mol. The quantitative estimate of drug-likeness (QED) is 0.158. The van der Waals surface area contributed by atoms with E-state index in [1.807, 2.05) is 54.6 Å². The Morgan fingerprint density at radius 3 is 0.982 bits per heavy atom. The van der Waals surface area contributed by atoms with E-state index in [1.54, 1.807) is 22.7 Å². The van der Waals surface area contributed by atoms with Crippen LogP contribution in [0.1, 0.15) is 22.3 Å². The van der Waals surface area contributed by atoms with Gasteiger partial charge in [0.1, 0.15) is 24.3 Å². The van der Waals surface area contributed by atoms with Gasteiger partial charge in [-0.3, -0.25) is 0 Å². The SMILES string of the molecule is N#Cc1cc(-n2c3ccccc3c3cc4c(cc32)sc2cc(-c3ccc(-n5c6ccccc6c6c5ccc5c7ccccc7n(-c7cc(C#N)c(-n8c9ccccc9c9ccc%10c(c%11ccccc%11n%10-c%10ccccc%10)c98)cc7C#N)c56)cc3)ccc24)c(C#N)cc1-n1c2ccccc2c2cc3c(cc21)sc1ccccc13.